The first-order chi connectivity index (χ1) is 23.0. The lowest BCUT2D eigenvalue weighted by atomic mass is 9.52. The molecule has 1 N–H and O–H groups in total. The largest absolute Gasteiger partial charge is 0.310 e. The summed E-state index contributed by atoms with van der Waals surface area (Å²) < 4.78 is 0. The Morgan fingerprint density at radius 3 is 2.06 bits per heavy atom. The Hall–Kier alpha value is -5.48. The zero-order chi connectivity index (χ0) is 32.0. The number of fused-ring (bicyclic) bond motifs is 2. The van der Waals surface area contributed by atoms with Crippen molar-refractivity contribution in [1.29, 1.82) is 0 Å². The molecule has 4 aromatic carbocycles. The van der Waals surface area contributed by atoms with E-state index in [1.54, 1.807) is 0 Å². The number of aromatic amines is 1. The van der Waals surface area contributed by atoms with Crippen LogP contribution in [0.3, 0.4) is 0 Å². The smallest absolute Gasteiger partial charge is 0.0924 e. The molecule has 0 aliphatic heterocycles. The highest BCUT2D eigenvalue weighted by molar-refractivity contribution is 5.81. The lowest BCUT2D eigenvalue weighted by molar-refractivity contribution is 0.529. The Bertz CT molecular complexity index is 2140. The summed E-state index contributed by atoms with van der Waals surface area (Å²) in [6, 6.07) is 45.9. The summed E-state index contributed by atoms with van der Waals surface area (Å²) in [6.07, 6.45) is 8.97. The van der Waals surface area contributed by atoms with Crippen molar-refractivity contribution in [2.24, 2.45) is 0 Å². The van der Waals surface area contributed by atoms with Crippen LogP contribution in [0.15, 0.2) is 157 Å². The van der Waals surface area contributed by atoms with E-state index in [4.69, 9.17) is 4.98 Å². The van der Waals surface area contributed by atoms with Crippen LogP contribution < -0.4 is 4.90 Å². The summed E-state index contributed by atoms with van der Waals surface area (Å²) in [4.78, 5) is 7.49. The first-order valence-electron chi connectivity index (χ1n) is 16.5. The Kier molecular flexibility index (Phi) is 7.02. The molecule has 4 heteroatoms. The van der Waals surface area contributed by atoms with Gasteiger partial charge in [-0.05, 0) is 102 Å². The zero-order valence-electron chi connectivity index (χ0n) is 27.1. The van der Waals surface area contributed by atoms with Gasteiger partial charge in [-0.15, -0.1) is 0 Å². The van der Waals surface area contributed by atoms with Crippen molar-refractivity contribution in [3.05, 3.63) is 185 Å². The monoisotopic (exact) mass is 610 g/mol. The van der Waals surface area contributed by atoms with Gasteiger partial charge in [0.25, 0.3) is 0 Å². The summed E-state index contributed by atoms with van der Waals surface area (Å²) in [6.45, 7) is 6.79. The normalized spacial score (nSPS) is 18.0. The molecule has 0 unspecified atom stereocenters. The van der Waals surface area contributed by atoms with E-state index in [0.717, 1.165) is 52.5 Å². The lowest BCUT2D eigenvalue weighted by Gasteiger charge is -2.50. The van der Waals surface area contributed by atoms with E-state index < -0.39 is 5.41 Å². The number of allylic oxidation sites excluding steroid dienone is 4. The van der Waals surface area contributed by atoms with Crippen LogP contribution in [0.2, 0.25) is 0 Å². The fourth-order valence-corrected chi connectivity index (χ4v) is 7.86. The molecule has 4 nitrogen and oxygen atoms in total. The van der Waals surface area contributed by atoms with Crippen molar-refractivity contribution in [2.75, 3.05) is 4.90 Å². The average Bonchev–Trinajstić information content (AvgIpc) is 3.56. The third-order valence-corrected chi connectivity index (χ3v) is 9.94. The number of nitrogens with zero attached hydrogens (tertiary/aromatic N) is 3. The molecule has 0 radical (unpaired) electrons. The van der Waals surface area contributed by atoms with Crippen LogP contribution in [0.5, 0.6) is 0 Å². The SMILES string of the molecule is Cc1cc(-c2cccc(N(c3ccccc3)c3cccc([C@]4(c5ccccn5)C5=CCCC=C5C(C)(C)c5ccccc54)c3)c2)n[nH]1. The summed E-state index contributed by atoms with van der Waals surface area (Å²) in [5, 5.41) is 7.66. The van der Waals surface area contributed by atoms with E-state index >= 15 is 0 Å². The molecule has 0 saturated heterocycles. The van der Waals surface area contributed by atoms with Gasteiger partial charge < -0.3 is 4.90 Å². The fourth-order valence-electron chi connectivity index (χ4n) is 7.86. The third kappa shape index (κ3) is 4.67. The topological polar surface area (TPSA) is 44.8 Å². The van der Waals surface area contributed by atoms with Gasteiger partial charge in [0.1, 0.15) is 0 Å². The number of aromatic nitrogens is 3. The number of anilines is 3. The van der Waals surface area contributed by atoms with Gasteiger partial charge in [0, 0.05) is 39.9 Å². The number of nitrogens with one attached hydrogen (secondary N) is 1. The molecule has 2 heterocycles. The van der Waals surface area contributed by atoms with Crippen molar-refractivity contribution in [3.8, 4) is 11.3 Å². The van der Waals surface area contributed by atoms with Crippen molar-refractivity contribution in [1.82, 2.24) is 15.2 Å². The molecule has 0 amide bonds. The second-order valence-corrected chi connectivity index (χ2v) is 13.2. The number of hydrogen-bond acceptors (Lipinski definition) is 3. The predicted molar refractivity (Wildman–Crippen MR) is 192 cm³/mol. The molecule has 8 rings (SSSR count). The van der Waals surface area contributed by atoms with Gasteiger partial charge in [0.15, 0.2) is 0 Å². The van der Waals surface area contributed by atoms with Crippen molar-refractivity contribution >= 4 is 17.1 Å². The fraction of sp³-hybridized carbons (Fsp3) is 0.163. The number of aryl methyl sites for hydroxylation is 1. The van der Waals surface area contributed by atoms with E-state index in [9.17, 15) is 0 Å². The molecule has 230 valence electrons. The molecule has 0 saturated carbocycles. The first-order valence-corrected chi connectivity index (χ1v) is 16.5. The maximum Gasteiger partial charge on any atom is 0.0924 e. The Morgan fingerprint density at radius 2 is 1.32 bits per heavy atom. The molecule has 2 aliphatic carbocycles. The van der Waals surface area contributed by atoms with Crippen LogP contribution in [0.1, 0.15) is 54.8 Å². The number of para-hydroxylation sites is 1. The average molecular weight is 611 g/mol. The van der Waals surface area contributed by atoms with Gasteiger partial charge in [-0.3, -0.25) is 10.1 Å². The highest BCUT2D eigenvalue weighted by Crippen LogP contribution is 2.59. The van der Waals surface area contributed by atoms with E-state index in [2.05, 4.69) is 162 Å². The number of benzene rings is 4. The maximum atomic E-state index is 5.14. The van der Waals surface area contributed by atoms with Crippen molar-refractivity contribution in [3.63, 3.8) is 0 Å². The van der Waals surface area contributed by atoms with Crippen LogP contribution >= 0.6 is 0 Å². The molecule has 0 bridgehead atoms. The third-order valence-electron chi connectivity index (χ3n) is 9.94. The Morgan fingerprint density at radius 1 is 0.638 bits per heavy atom. The summed E-state index contributed by atoms with van der Waals surface area (Å²) >= 11 is 0. The van der Waals surface area contributed by atoms with Crippen LogP contribution in [0, 0.1) is 6.92 Å². The molecule has 0 fully saturated rings. The molecule has 1 atom stereocenters. The van der Waals surface area contributed by atoms with Gasteiger partial charge in [-0.1, -0.05) is 98.8 Å². The van der Waals surface area contributed by atoms with Gasteiger partial charge in [-0.25, -0.2) is 0 Å². The Labute approximate surface area is 277 Å². The molecule has 6 aromatic rings. The molecular formula is C43H38N4. The van der Waals surface area contributed by atoms with Gasteiger partial charge in [0.2, 0.25) is 0 Å². The number of hydrogen-bond donors (Lipinski definition) is 1. The van der Waals surface area contributed by atoms with Crippen LogP contribution in [-0.4, -0.2) is 15.2 Å². The molecule has 0 spiro atoms. The van der Waals surface area contributed by atoms with E-state index in [0.29, 0.717) is 0 Å². The van der Waals surface area contributed by atoms with E-state index in [-0.39, 0.29) is 5.41 Å². The minimum Gasteiger partial charge on any atom is -0.310 e. The van der Waals surface area contributed by atoms with Crippen LogP contribution in [-0.2, 0) is 10.8 Å². The minimum absolute atomic E-state index is 0.125. The Balaban J connectivity index is 1.39. The predicted octanol–water partition coefficient (Wildman–Crippen LogP) is 10.5. The summed E-state index contributed by atoms with van der Waals surface area (Å²) in [7, 11) is 0. The van der Waals surface area contributed by atoms with Crippen molar-refractivity contribution in [2.45, 2.75) is 44.4 Å². The summed E-state index contributed by atoms with van der Waals surface area (Å²) in [5.74, 6) is 0. The highest BCUT2D eigenvalue weighted by Gasteiger charge is 2.52. The van der Waals surface area contributed by atoms with Gasteiger partial charge in [-0.2, -0.15) is 5.10 Å². The highest BCUT2D eigenvalue weighted by atomic mass is 15.1. The van der Waals surface area contributed by atoms with Gasteiger partial charge >= 0.3 is 0 Å². The zero-order valence-corrected chi connectivity index (χ0v) is 27.1. The number of pyridine rings is 1. The standard InChI is InChI=1S/C43H38N4/c1-30-27-40(46-45-30)31-15-13-19-34(28-31)47(33-17-5-4-6-18-33)35-20-14-16-32(29-35)43(41-25-11-12-26-44-41)38-23-9-7-21-36(38)42(2,3)37-22-8-10-24-39(37)43/h4-7,9,11-29H,8,10H2,1-3H3,(H,45,46)/t43-/m1/s1. The second-order valence-electron chi connectivity index (χ2n) is 13.2. The number of rotatable bonds is 6. The molecule has 47 heavy (non-hydrogen) atoms. The first kappa shape index (κ1) is 29.0. The molecule has 2 aliphatic rings. The van der Waals surface area contributed by atoms with E-state index in [1.807, 2.05) is 19.2 Å². The van der Waals surface area contributed by atoms with Crippen LogP contribution in [0.25, 0.3) is 11.3 Å². The quantitative estimate of drug-likeness (QED) is 0.204. The molecule has 2 aromatic heterocycles. The van der Waals surface area contributed by atoms with E-state index in [1.165, 1.54) is 27.8 Å². The van der Waals surface area contributed by atoms with Gasteiger partial charge in [0.05, 0.1) is 16.8 Å². The lowest BCUT2D eigenvalue weighted by Crippen LogP contribution is -2.44. The summed E-state index contributed by atoms with van der Waals surface area (Å²) in [5.41, 5.74) is 13.2. The van der Waals surface area contributed by atoms with Crippen LogP contribution in [0.4, 0.5) is 17.1 Å². The second kappa shape index (κ2) is 11.4. The minimum atomic E-state index is -0.577. The van der Waals surface area contributed by atoms with Crippen molar-refractivity contribution < 1.29 is 0 Å². The number of H-pyrrole nitrogens is 1. The molecular weight excluding hydrogens is 573 g/mol. The maximum absolute atomic E-state index is 5.14.